The first-order valence-corrected chi connectivity index (χ1v) is 8.18. The van der Waals surface area contributed by atoms with Gasteiger partial charge in [-0.15, -0.1) is 35.0 Å². The fraction of sp³-hybridized carbons (Fsp3) is 0.800. The number of aryl methyl sites for hydroxylation is 1. The second-order valence-corrected chi connectivity index (χ2v) is 6.25. The van der Waals surface area contributed by atoms with Crippen molar-refractivity contribution in [1.29, 1.82) is 0 Å². The lowest BCUT2D eigenvalue weighted by molar-refractivity contribution is -0.126. The molecule has 1 amide bonds. The van der Waals surface area contributed by atoms with Gasteiger partial charge in [0.2, 0.25) is 5.91 Å². The number of carbonyl (C=O) groups is 1. The highest BCUT2D eigenvalue weighted by atomic mass is 35.5. The Morgan fingerprint density at radius 3 is 2.78 bits per heavy atom. The highest BCUT2D eigenvalue weighted by molar-refractivity contribution is 5.85. The SMILES string of the molecule is Cl.Cl.NC[C@H]1CCC[C@H]1C(=O)NCc1nnc2n1CCCCC2. The zero-order valence-corrected chi connectivity index (χ0v) is 15.0. The van der Waals surface area contributed by atoms with Gasteiger partial charge >= 0.3 is 0 Å². The van der Waals surface area contributed by atoms with Crippen molar-refractivity contribution in [3.05, 3.63) is 11.6 Å². The van der Waals surface area contributed by atoms with E-state index in [0.29, 0.717) is 19.0 Å². The van der Waals surface area contributed by atoms with Gasteiger partial charge < -0.3 is 15.6 Å². The lowest BCUT2D eigenvalue weighted by Crippen LogP contribution is -2.35. The number of halogens is 2. The summed E-state index contributed by atoms with van der Waals surface area (Å²) in [6.07, 6.45) is 7.75. The summed E-state index contributed by atoms with van der Waals surface area (Å²) in [4.78, 5) is 12.3. The average molecular weight is 364 g/mol. The van der Waals surface area contributed by atoms with Gasteiger partial charge in [0.1, 0.15) is 5.82 Å². The first-order chi connectivity index (χ1) is 10.3. The minimum Gasteiger partial charge on any atom is -0.349 e. The molecule has 1 saturated carbocycles. The molecule has 1 aliphatic carbocycles. The maximum atomic E-state index is 12.3. The van der Waals surface area contributed by atoms with Crippen LogP contribution in [0, 0.1) is 11.8 Å². The lowest BCUT2D eigenvalue weighted by Gasteiger charge is -2.17. The number of hydrogen-bond donors (Lipinski definition) is 2. The fourth-order valence-corrected chi connectivity index (χ4v) is 3.64. The third-order valence-corrected chi connectivity index (χ3v) is 4.91. The van der Waals surface area contributed by atoms with Crippen LogP contribution in [0.2, 0.25) is 0 Å². The summed E-state index contributed by atoms with van der Waals surface area (Å²) in [5.41, 5.74) is 5.75. The van der Waals surface area contributed by atoms with Gasteiger partial charge in [0, 0.05) is 18.9 Å². The summed E-state index contributed by atoms with van der Waals surface area (Å²) in [5.74, 6) is 2.52. The molecule has 0 aromatic carbocycles. The third kappa shape index (κ3) is 4.58. The average Bonchev–Trinajstić information content (AvgIpc) is 3.06. The molecule has 0 spiro atoms. The summed E-state index contributed by atoms with van der Waals surface area (Å²) in [5, 5.41) is 11.6. The van der Waals surface area contributed by atoms with Crippen molar-refractivity contribution < 1.29 is 4.79 Å². The molecule has 3 N–H and O–H groups in total. The van der Waals surface area contributed by atoms with Crippen LogP contribution in [0.25, 0.3) is 0 Å². The molecule has 1 aromatic rings. The number of nitrogens with two attached hydrogens (primary N) is 1. The molecule has 2 atom stereocenters. The van der Waals surface area contributed by atoms with Crippen LogP contribution in [0.5, 0.6) is 0 Å². The standard InChI is InChI=1S/C15H25N5O.2ClH/c16-9-11-5-4-6-12(11)15(21)17-10-14-19-18-13-7-2-1-3-8-20(13)14;;/h11-12H,1-10,16H2,(H,17,21);2*1H/t11-,12-;;/m1../s1. The van der Waals surface area contributed by atoms with Crippen molar-refractivity contribution in [2.75, 3.05) is 6.54 Å². The number of rotatable bonds is 4. The van der Waals surface area contributed by atoms with Crippen LogP contribution in [0.4, 0.5) is 0 Å². The minimum atomic E-state index is 0. The molecule has 132 valence electrons. The molecule has 0 saturated heterocycles. The molecule has 0 bridgehead atoms. The molecule has 8 heteroatoms. The van der Waals surface area contributed by atoms with Crippen molar-refractivity contribution >= 4 is 30.7 Å². The van der Waals surface area contributed by atoms with Gasteiger partial charge in [0.15, 0.2) is 5.82 Å². The van der Waals surface area contributed by atoms with E-state index in [1.54, 1.807) is 0 Å². The van der Waals surface area contributed by atoms with Crippen LogP contribution < -0.4 is 11.1 Å². The first kappa shape index (κ1) is 20.2. The molecule has 0 unspecified atom stereocenters. The van der Waals surface area contributed by atoms with Crippen LogP contribution in [-0.2, 0) is 24.3 Å². The third-order valence-electron chi connectivity index (χ3n) is 4.91. The van der Waals surface area contributed by atoms with Crippen molar-refractivity contribution in [3.63, 3.8) is 0 Å². The second kappa shape index (κ2) is 9.45. The zero-order chi connectivity index (χ0) is 14.7. The van der Waals surface area contributed by atoms with Gasteiger partial charge in [-0.25, -0.2) is 0 Å². The largest absolute Gasteiger partial charge is 0.349 e. The number of amides is 1. The molecule has 1 fully saturated rings. The maximum Gasteiger partial charge on any atom is 0.223 e. The zero-order valence-electron chi connectivity index (χ0n) is 13.4. The van der Waals surface area contributed by atoms with E-state index in [1.807, 2.05) is 0 Å². The Balaban J connectivity index is 0.00000132. The van der Waals surface area contributed by atoms with Crippen molar-refractivity contribution in [1.82, 2.24) is 20.1 Å². The molecule has 23 heavy (non-hydrogen) atoms. The molecule has 1 aliphatic heterocycles. The number of nitrogens with zero attached hydrogens (tertiary/aromatic N) is 3. The Hall–Kier alpha value is -0.850. The smallest absolute Gasteiger partial charge is 0.223 e. The van der Waals surface area contributed by atoms with E-state index in [-0.39, 0.29) is 36.6 Å². The van der Waals surface area contributed by atoms with Crippen LogP contribution in [0.3, 0.4) is 0 Å². The second-order valence-electron chi connectivity index (χ2n) is 6.25. The van der Waals surface area contributed by atoms with Gasteiger partial charge in [-0.1, -0.05) is 12.8 Å². The molecule has 1 aromatic heterocycles. The predicted molar refractivity (Wildman–Crippen MR) is 93.8 cm³/mol. The van der Waals surface area contributed by atoms with Crippen molar-refractivity contribution in [3.8, 4) is 0 Å². The Morgan fingerprint density at radius 1 is 1.17 bits per heavy atom. The summed E-state index contributed by atoms with van der Waals surface area (Å²) in [7, 11) is 0. The Morgan fingerprint density at radius 2 is 2.00 bits per heavy atom. The summed E-state index contributed by atoms with van der Waals surface area (Å²) < 4.78 is 2.18. The number of aromatic nitrogens is 3. The lowest BCUT2D eigenvalue weighted by atomic mass is 9.95. The van der Waals surface area contributed by atoms with Crippen molar-refractivity contribution in [2.24, 2.45) is 17.6 Å². The number of hydrogen-bond acceptors (Lipinski definition) is 4. The summed E-state index contributed by atoms with van der Waals surface area (Å²) in [6, 6.07) is 0. The number of nitrogens with one attached hydrogen (secondary N) is 1. The van der Waals surface area contributed by atoms with E-state index in [1.165, 1.54) is 19.3 Å². The highest BCUT2D eigenvalue weighted by Crippen LogP contribution is 2.31. The highest BCUT2D eigenvalue weighted by Gasteiger charge is 2.31. The maximum absolute atomic E-state index is 12.3. The topological polar surface area (TPSA) is 85.8 Å². The van der Waals surface area contributed by atoms with Crippen LogP contribution in [0.15, 0.2) is 0 Å². The van der Waals surface area contributed by atoms with Crippen molar-refractivity contribution in [2.45, 2.75) is 58.0 Å². The Kier molecular flexibility index (Phi) is 8.29. The number of carbonyl (C=O) groups excluding carboxylic acids is 1. The van der Waals surface area contributed by atoms with E-state index in [2.05, 4.69) is 20.1 Å². The van der Waals surface area contributed by atoms with E-state index >= 15 is 0 Å². The predicted octanol–water partition coefficient (Wildman–Crippen LogP) is 1.84. The molecule has 3 rings (SSSR count). The summed E-state index contributed by atoms with van der Waals surface area (Å²) in [6.45, 7) is 2.07. The minimum absolute atomic E-state index is 0. The van der Waals surface area contributed by atoms with Gasteiger partial charge in [0.05, 0.1) is 6.54 Å². The quantitative estimate of drug-likeness (QED) is 0.854. The monoisotopic (exact) mass is 363 g/mol. The van der Waals surface area contributed by atoms with E-state index in [0.717, 1.165) is 43.9 Å². The molecule has 0 radical (unpaired) electrons. The molecule has 2 heterocycles. The Labute approximate surface area is 149 Å². The van der Waals surface area contributed by atoms with Gasteiger partial charge in [-0.05, 0) is 38.1 Å². The van der Waals surface area contributed by atoms with Gasteiger partial charge in [-0.2, -0.15) is 0 Å². The fourth-order valence-electron chi connectivity index (χ4n) is 3.64. The first-order valence-electron chi connectivity index (χ1n) is 8.18. The van der Waals surface area contributed by atoms with Crippen LogP contribution in [-0.4, -0.2) is 27.2 Å². The molecular formula is C15H27Cl2N5O. The van der Waals surface area contributed by atoms with E-state index in [4.69, 9.17) is 5.73 Å². The molecular weight excluding hydrogens is 337 g/mol. The summed E-state index contributed by atoms with van der Waals surface area (Å²) >= 11 is 0. The normalized spacial score (nSPS) is 23.2. The van der Waals surface area contributed by atoms with Crippen LogP contribution in [0.1, 0.15) is 50.2 Å². The molecule has 2 aliphatic rings. The van der Waals surface area contributed by atoms with Gasteiger partial charge in [-0.3, -0.25) is 4.79 Å². The van der Waals surface area contributed by atoms with E-state index < -0.39 is 0 Å². The van der Waals surface area contributed by atoms with Crippen LogP contribution >= 0.6 is 24.8 Å². The Bertz CT molecular complexity index is 508. The molecule has 6 nitrogen and oxygen atoms in total. The number of fused-ring (bicyclic) bond motifs is 1. The van der Waals surface area contributed by atoms with E-state index in [9.17, 15) is 4.79 Å². The van der Waals surface area contributed by atoms with Gasteiger partial charge in [0.25, 0.3) is 0 Å².